The highest BCUT2D eigenvalue weighted by Crippen LogP contribution is 2.26. The van der Waals surface area contributed by atoms with Crippen LogP contribution in [0.3, 0.4) is 0 Å². The number of methoxy groups -OCH3 is 1. The van der Waals surface area contributed by atoms with Gasteiger partial charge in [0.05, 0.1) is 18.2 Å². The van der Waals surface area contributed by atoms with Crippen LogP contribution >= 0.6 is 11.3 Å². The standard InChI is InChI=1S/C20H16N2O3S/c1-12-11-26-20(21-12)22-17-10-19(13-3-6-15(24-2)7-4-13)25-18-8-5-14(23)9-16(17)18/h3-11,23H,1-2H3/b22-17+. The van der Waals surface area contributed by atoms with Crippen LogP contribution in [0.5, 0.6) is 11.5 Å². The van der Waals surface area contributed by atoms with Gasteiger partial charge in [-0.15, -0.1) is 11.3 Å². The van der Waals surface area contributed by atoms with Gasteiger partial charge >= 0.3 is 0 Å². The molecular formula is C20H16N2O3S. The van der Waals surface area contributed by atoms with Crippen molar-refractivity contribution in [1.29, 1.82) is 0 Å². The number of hydrogen-bond acceptors (Lipinski definition) is 6. The number of phenolic OH excluding ortho intramolecular Hbond substituents is 1. The molecule has 1 N–H and O–H groups in total. The number of benzene rings is 2. The Labute approximate surface area is 153 Å². The molecule has 0 bridgehead atoms. The summed E-state index contributed by atoms with van der Waals surface area (Å²) in [4.78, 5) is 9.07. The highest BCUT2D eigenvalue weighted by atomic mass is 32.1. The third-order valence-electron chi connectivity index (χ3n) is 3.92. The maximum absolute atomic E-state index is 9.86. The molecule has 2 aromatic heterocycles. The Hall–Kier alpha value is -3.12. The van der Waals surface area contributed by atoms with Crippen LogP contribution in [0.15, 0.2) is 63.3 Å². The Balaban J connectivity index is 1.95. The predicted octanol–water partition coefficient (Wildman–Crippen LogP) is 4.81. The summed E-state index contributed by atoms with van der Waals surface area (Å²) >= 11 is 1.48. The number of phenols is 1. The number of ether oxygens (including phenoxy) is 1. The van der Waals surface area contributed by atoms with Gasteiger partial charge in [0.25, 0.3) is 0 Å². The van der Waals surface area contributed by atoms with Crippen LogP contribution in [0.4, 0.5) is 5.13 Å². The SMILES string of the molecule is COc1ccc(-c2c/c(=N\c3nc(C)cs3)c3cc(O)ccc3o2)cc1. The highest BCUT2D eigenvalue weighted by Gasteiger charge is 2.08. The summed E-state index contributed by atoms with van der Waals surface area (Å²) < 4.78 is 11.2. The van der Waals surface area contributed by atoms with Crippen molar-refractivity contribution < 1.29 is 14.3 Å². The Morgan fingerprint density at radius 3 is 2.62 bits per heavy atom. The van der Waals surface area contributed by atoms with Crippen LogP contribution in [0, 0.1) is 6.92 Å². The lowest BCUT2D eigenvalue weighted by atomic mass is 10.1. The second kappa shape index (κ2) is 6.65. The molecule has 0 saturated carbocycles. The third kappa shape index (κ3) is 3.19. The van der Waals surface area contributed by atoms with Crippen molar-refractivity contribution in [3.05, 3.63) is 65.0 Å². The predicted molar refractivity (Wildman–Crippen MR) is 102 cm³/mol. The minimum Gasteiger partial charge on any atom is -0.508 e. The van der Waals surface area contributed by atoms with Gasteiger partial charge in [-0.3, -0.25) is 0 Å². The summed E-state index contributed by atoms with van der Waals surface area (Å²) in [6, 6.07) is 14.5. The highest BCUT2D eigenvalue weighted by molar-refractivity contribution is 7.13. The minimum absolute atomic E-state index is 0.164. The summed E-state index contributed by atoms with van der Waals surface area (Å²) in [6.45, 7) is 1.93. The van der Waals surface area contributed by atoms with Crippen molar-refractivity contribution in [1.82, 2.24) is 4.98 Å². The number of hydrogen-bond donors (Lipinski definition) is 1. The first-order chi connectivity index (χ1) is 12.6. The summed E-state index contributed by atoms with van der Waals surface area (Å²) in [5, 5.41) is 13.9. The lowest BCUT2D eigenvalue weighted by Gasteiger charge is -2.06. The van der Waals surface area contributed by atoms with E-state index in [1.54, 1.807) is 25.3 Å². The molecule has 4 rings (SSSR count). The van der Waals surface area contributed by atoms with E-state index in [9.17, 15) is 5.11 Å². The van der Waals surface area contributed by atoms with Crippen LogP contribution < -0.4 is 10.1 Å². The molecule has 0 unspecified atom stereocenters. The Bertz CT molecular complexity index is 1140. The second-order valence-electron chi connectivity index (χ2n) is 5.79. The summed E-state index contributed by atoms with van der Waals surface area (Å²) in [5.74, 6) is 1.62. The van der Waals surface area contributed by atoms with E-state index in [4.69, 9.17) is 9.15 Å². The molecular weight excluding hydrogens is 348 g/mol. The summed E-state index contributed by atoms with van der Waals surface area (Å²) in [7, 11) is 1.63. The third-order valence-corrected chi connectivity index (χ3v) is 4.78. The van der Waals surface area contributed by atoms with Gasteiger partial charge in [0.1, 0.15) is 22.8 Å². The van der Waals surface area contributed by atoms with Gasteiger partial charge in [0.15, 0.2) is 0 Å². The van der Waals surface area contributed by atoms with Gasteiger partial charge in [-0.2, -0.15) is 0 Å². The van der Waals surface area contributed by atoms with Gasteiger partial charge < -0.3 is 14.3 Å². The maximum atomic E-state index is 9.86. The molecule has 0 aliphatic heterocycles. The Morgan fingerprint density at radius 2 is 1.92 bits per heavy atom. The van der Waals surface area contributed by atoms with E-state index >= 15 is 0 Å². The largest absolute Gasteiger partial charge is 0.508 e. The lowest BCUT2D eigenvalue weighted by Crippen LogP contribution is -2.03. The molecule has 130 valence electrons. The number of aryl methyl sites for hydroxylation is 1. The first-order valence-corrected chi connectivity index (χ1v) is 8.88. The molecule has 0 atom stereocenters. The molecule has 0 saturated heterocycles. The number of fused-ring (bicyclic) bond motifs is 1. The Morgan fingerprint density at radius 1 is 1.12 bits per heavy atom. The van der Waals surface area contributed by atoms with Crippen LogP contribution in [0.2, 0.25) is 0 Å². The lowest BCUT2D eigenvalue weighted by molar-refractivity contribution is 0.415. The fourth-order valence-electron chi connectivity index (χ4n) is 2.64. The summed E-state index contributed by atoms with van der Waals surface area (Å²) in [5.41, 5.74) is 2.48. The molecule has 0 radical (unpaired) electrons. The second-order valence-corrected chi connectivity index (χ2v) is 6.62. The number of aromatic nitrogens is 1. The Kier molecular flexibility index (Phi) is 4.18. The topological polar surface area (TPSA) is 67.9 Å². The van der Waals surface area contributed by atoms with Crippen LogP contribution in [0.25, 0.3) is 22.3 Å². The minimum atomic E-state index is 0.164. The number of nitrogens with zero attached hydrogens (tertiary/aromatic N) is 2. The zero-order chi connectivity index (χ0) is 18.1. The van der Waals surface area contributed by atoms with E-state index in [-0.39, 0.29) is 5.75 Å². The van der Waals surface area contributed by atoms with Gasteiger partial charge in [-0.05, 0) is 49.4 Å². The van der Waals surface area contributed by atoms with Gasteiger partial charge in [-0.1, -0.05) is 0 Å². The zero-order valence-corrected chi connectivity index (χ0v) is 15.1. The van der Waals surface area contributed by atoms with Gasteiger partial charge in [-0.25, -0.2) is 9.98 Å². The van der Waals surface area contributed by atoms with Crippen LogP contribution in [-0.4, -0.2) is 17.2 Å². The van der Waals surface area contributed by atoms with Crippen LogP contribution in [0.1, 0.15) is 5.69 Å². The zero-order valence-electron chi connectivity index (χ0n) is 14.3. The normalized spacial score (nSPS) is 11.8. The van der Waals surface area contributed by atoms with Crippen molar-refractivity contribution in [2.75, 3.05) is 7.11 Å². The van der Waals surface area contributed by atoms with Gasteiger partial charge in [0, 0.05) is 22.4 Å². The van der Waals surface area contributed by atoms with E-state index in [0.29, 0.717) is 21.8 Å². The fraction of sp³-hybridized carbons (Fsp3) is 0.100. The first-order valence-electron chi connectivity index (χ1n) is 8.00. The summed E-state index contributed by atoms with van der Waals surface area (Å²) in [6.07, 6.45) is 0. The van der Waals surface area contributed by atoms with Crippen molar-refractivity contribution in [2.45, 2.75) is 6.92 Å². The molecule has 5 nitrogen and oxygen atoms in total. The average Bonchev–Trinajstić information content (AvgIpc) is 3.07. The molecule has 4 aromatic rings. The monoisotopic (exact) mass is 364 g/mol. The van der Waals surface area contributed by atoms with Crippen molar-refractivity contribution in [2.24, 2.45) is 4.99 Å². The van der Waals surface area contributed by atoms with Crippen molar-refractivity contribution >= 4 is 27.4 Å². The van der Waals surface area contributed by atoms with Crippen molar-refractivity contribution in [3.63, 3.8) is 0 Å². The van der Waals surface area contributed by atoms with E-state index < -0.39 is 0 Å². The molecule has 0 spiro atoms. The average molecular weight is 364 g/mol. The van der Waals surface area contributed by atoms with Crippen molar-refractivity contribution in [3.8, 4) is 22.8 Å². The van der Waals surface area contributed by atoms with E-state index in [1.807, 2.05) is 42.6 Å². The van der Waals surface area contributed by atoms with E-state index in [1.165, 1.54) is 11.3 Å². The quantitative estimate of drug-likeness (QED) is 0.566. The molecule has 26 heavy (non-hydrogen) atoms. The maximum Gasteiger partial charge on any atom is 0.209 e. The van der Waals surface area contributed by atoms with Crippen LogP contribution in [-0.2, 0) is 0 Å². The molecule has 2 heterocycles. The molecule has 0 aliphatic rings. The fourth-order valence-corrected chi connectivity index (χ4v) is 3.32. The van der Waals surface area contributed by atoms with Gasteiger partial charge in [0.2, 0.25) is 5.13 Å². The molecule has 6 heteroatoms. The molecule has 0 amide bonds. The smallest absolute Gasteiger partial charge is 0.209 e. The number of rotatable bonds is 3. The first kappa shape index (κ1) is 16.4. The number of aromatic hydroxyl groups is 1. The molecule has 0 fully saturated rings. The number of thiazole rings is 1. The molecule has 0 aliphatic carbocycles. The van der Waals surface area contributed by atoms with E-state index in [0.717, 1.165) is 22.4 Å². The molecule has 2 aromatic carbocycles. The van der Waals surface area contributed by atoms with E-state index in [2.05, 4.69) is 9.98 Å².